The number of nitrogens with two attached hydrogens (primary N) is 1. The zero-order valence-electron chi connectivity index (χ0n) is 7.91. The summed E-state index contributed by atoms with van der Waals surface area (Å²) in [6, 6.07) is 5.92. The van der Waals surface area contributed by atoms with Crippen LogP contribution in [0.5, 0.6) is 0 Å². The molecule has 1 nitrogen and oxygen atoms in total. The average Bonchev–Trinajstić information content (AvgIpc) is 2.01. The molecule has 0 radical (unpaired) electrons. The molecule has 1 aromatic rings. The van der Waals surface area contributed by atoms with E-state index >= 15 is 0 Å². The van der Waals surface area contributed by atoms with Gasteiger partial charge in [0, 0.05) is 10.9 Å². The van der Waals surface area contributed by atoms with Gasteiger partial charge in [-0.25, -0.2) is 0 Å². The predicted octanol–water partition coefficient (Wildman–Crippen LogP) is 3.74. The number of halogens is 4. The third-order valence-corrected chi connectivity index (χ3v) is 2.34. The molecule has 15 heavy (non-hydrogen) atoms. The Kier molecular flexibility index (Phi) is 5.48. The Morgan fingerprint density at radius 1 is 1.33 bits per heavy atom. The molecule has 1 atom stereocenters. The molecule has 1 rings (SSSR count). The summed E-state index contributed by atoms with van der Waals surface area (Å²) in [6.07, 6.45) is 0. The second-order valence-electron chi connectivity index (χ2n) is 2.91. The number of rotatable bonds is 2. The quantitative estimate of drug-likeness (QED) is 0.817. The molecule has 2 N–H and O–H groups in total. The minimum Gasteiger partial charge on any atom is -0.324 e. The van der Waals surface area contributed by atoms with Gasteiger partial charge in [0.2, 0.25) is 0 Å². The zero-order valence-corrected chi connectivity index (χ0v) is 9.55. The van der Waals surface area contributed by atoms with Crippen LogP contribution in [-0.4, -0.2) is 5.51 Å². The van der Waals surface area contributed by atoms with Crippen molar-refractivity contribution >= 4 is 24.2 Å². The van der Waals surface area contributed by atoms with E-state index in [0.29, 0.717) is 5.56 Å². The van der Waals surface area contributed by atoms with Crippen LogP contribution in [0.15, 0.2) is 29.2 Å². The van der Waals surface area contributed by atoms with Crippen LogP contribution in [0.2, 0.25) is 0 Å². The van der Waals surface area contributed by atoms with Crippen LogP contribution in [-0.2, 0) is 0 Å². The molecule has 0 saturated carbocycles. The van der Waals surface area contributed by atoms with Crippen molar-refractivity contribution in [1.82, 2.24) is 0 Å². The van der Waals surface area contributed by atoms with Gasteiger partial charge in [-0.05, 0) is 36.4 Å². The lowest BCUT2D eigenvalue weighted by Gasteiger charge is -2.09. The molecule has 0 amide bonds. The van der Waals surface area contributed by atoms with Crippen molar-refractivity contribution < 1.29 is 13.2 Å². The first kappa shape index (κ1) is 14.6. The highest BCUT2D eigenvalue weighted by molar-refractivity contribution is 8.00. The molecule has 0 aliphatic rings. The second-order valence-corrected chi connectivity index (χ2v) is 4.05. The molecule has 0 saturated heterocycles. The molecule has 86 valence electrons. The van der Waals surface area contributed by atoms with E-state index in [1.807, 2.05) is 0 Å². The summed E-state index contributed by atoms with van der Waals surface area (Å²) >= 11 is -0.123. The van der Waals surface area contributed by atoms with E-state index in [2.05, 4.69) is 0 Å². The van der Waals surface area contributed by atoms with Gasteiger partial charge >= 0.3 is 5.51 Å². The molecule has 1 unspecified atom stereocenters. The molecular weight excluding hydrogens is 247 g/mol. The van der Waals surface area contributed by atoms with Crippen molar-refractivity contribution in [2.45, 2.75) is 23.4 Å². The number of alkyl halides is 3. The van der Waals surface area contributed by atoms with Crippen LogP contribution >= 0.6 is 24.2 Å². The maximum absolute atomic E-state index is 12.0. The number of hydrogen-bond acceptors (Lipinski definition) is 2. The molecular formula is C9H11ClF3NS. The summed E-state index contributed by atoms with van der Waals surface area (Å²) in [5.74, 6) is 0. The van der Waals surface area contributed by atoms with Crippen molar-refractivity contribution in [3.63, 3.8) is 0 Å². The molecule has 0 aromatic heterocycles. The lowest BCUT2D eigenvalue weighted by Crippen LogP contribution is -2.05. The van der Waals surface area contributed by atoms with Crippen LogP contribution in [0.1, 0.15) is 18.5 Å². The summed E-state index contributed by atoms with van der Waals surface area (Å²) in [7, 11) is 0. The summed E-state index contributed by atoms with van der Waals surface area (Å²) in [5, 5.41) is 0. The van der Waals surface area contributed by atoms with Crippen molar-refractivity contribution in [3.05, 3.63) is 29.8 Å². The van der Waals surface area contributed by atoms with Crippen LogP contribution in [0, 0.1) is 0 Å². The average molecular weight is 258 g/mol. The van der Waals surface area contributed by atoms with Crippen molar-refractivity contribution in [2.75, 3.05) is 0 Å². The lowest BCUT2D eigenvalue weighted by molar-refractivity contribution is -0.0328. The van der Waals surface area contributed by atoms with Gasteiger partial charge in [0.25, 0.3) is 0 Å². The fraction of sp³-hybridized carbons (Fsp3) is 0.333. The van der Waals surface area contributed by atoms with Crippen LogP contribution in [0.4, 0.5) is 13.2 Å². The van der Waals surface area contributed by atoms with Gasteiger partial charge in [0.1, 0.15) is 0 Å². The highest BCUT2D eigenvalue weighted by Crippen LogP contribution is 2.37. The molecule has 1 aromatic carbocycles. The monoisotopic (exact) mass is 257 g/mol. The first-order valence-corrected chi connectivity index (χ1v) is 4.81. The van der Waals surface area contributed by atoms with Gasteiger partial charge in [-0.2, -0.15) is 13.2 Å². The van der Waals surface area contributed by atoms with Crippen molar-refractivity contribution in [2.24, 2.45) is 5.73 Å². The highest BCUT2D eigenvalue weighted by Gasteiger charge is 2.29. The minimum absolute atomic E-state index is 0. The summed E-state index contributed by atoms with van der Waals surface area (Å²) in [5.41, 5.74) is 2.02. The van der Waals surface area contributed by atoms with Gasteiger partial charge in [0.15, 0.2) is 0 Å². The maximum atomic E-state index is 12.0. The van der Waals surface area contributed by atoms with Gasteiger partial charge in [-0.15, -0.1) is 12.4 Å². The van der Waals surface area contributed by atoms with Crippen molar-refractivity contribution in [1.29, 1.82) is 0 Å². The van der Waals surface area contributed by atoms with Gasteiger partial charge in [0.05, 0.1) is 0 Å². The number of hydrogen-bond donors (Lipinski definition) is 1. The number of benzene rings is 1. The van der Waals surface area contributed by atoms with E-state index in [1.165, 1.54) is 12.1 Å². The Morgan fingerprint density at radius 2 is 1.93 bits per heavy atom. The van der Waals surface area contributed by atoms with E-state index in [1.54, 1.807) is 19.1 Å². The van der Waals surface area contributed by atoms with E-state index in [0.717, 1.165) is 0 Å². The summed E-state index contributed by atoms with van der Waals surface area (Å²) in [6.45, 7) is 1.73. The predicted molar refractivity (Wildman–Crippen MR) is 58.2 cm³/mol. The maximum Gasteiger partial charge on any atom is 0.446 e. The lowest BCUT2D eigenvalue weighted by atomic mass is 10.1. The molecule has 0 spiro atoms. The molecule has 0 aliphatic carbocycles. The minimum atomic E-state index is -4.24. The fourth-order valence-electron chi connectivity index (χ4n) is 0.995. The molecule has 0 aliphatic heterocycles. The van der Waals surface area contributed by atoms with Crippen LogP contribution in [0.25, 0.3) is 0 Å². The van der Waals surface area contributed by atoms with E-state index < -0.39 is 5.51 Å². The van der Waals surface area contributed by atoms with Crippen LogP contribution < -0.4 is 5.73 Å². The normalized spacial score (nSPS) is 13.1. The zero-order chi connectivity index (χ0) is 10.8. The standard InChI is InChI=1S/C9H10F3NS.ClH/c1-6(13)7-3-2-4-8(5-7)14-9(10,11)12;/h2-6H,13H2,1H3;1H. The largest absolute Gasteiger partial charge is 0.446 e. The van der Waals surface area contributed by atoms with Gasteiger partial charge in [-0.1, -0.05) is 12.1 Å². The molecule has 6 heteroatoms. The van der Waals surface area contributed by atoms with E-state index in [-0.39, 0.29) is 35.1 Å². The first-order valence-electron chi connectivity index (χ1n) is 4.00. The van der Waals surface area contributed by atoms with Gasteiger partial charge in [-0.3, -0.25) is 0 Å². The Labute approximate surface area is 96.6 Å². The SMILES string of the molecule is CC(N)c1cccc(SC(F)(F)F)c1.Cl. The second kappa shape index (κ2) is 5.63. The van der Waals surface area contributed by atoms with E-state index in [4.69, 9.17) is 5.73 Å². The van der Waals surface area contributed by atoms with Gasteiger partial charge < -0.3 is 5.73 Å². The Bertz CT molecular complexity index is 314. The van der Waals surface area contributed by atoms with Crippen LogP contribution in [0.3, 0.4) is 0 Å². The Morgan fingerprint density at radius 3 is 2.40 bits per heavy atom. The summed E-state index contributed by atoms with van der Waals surface area (Å²) in [4.78, 5) is 0.173. The molecule has 0 fully saturated rings. The topological polar surface area (TPSA) is 26.0 Å². The smallest absolute Gasteiger partial charge is 0.324 e. The Balaban J connectivity index is 0.00000196. The number of thioether (sulfide) groups is 1. The fourth-order valence-corrected chi connectivity index (χ4v) is 1.60. The molecule has 0 bridgehead atoms. The van der Waals surface area contributed by atoms with E-state index in [9.17, 15) is 13.2 Å². The third kappa shape index (κ3) is 5.30. The first-order chi connectivity index (χ1) is 6.38. The van der Waals surface area contributed by atoms with Crippen molar-refractivity contribution in [3.8, 4) is 0 Å². The third-order valence-electron chi connectivity index (χ3n) is 1.62. The highest BCUT2D eigenvalue weighted by atomic mass is 35.5. The summed E-state index contributed by atoms with van der Waals surface area (Å²) < 4.78 is 36.0. The molecule has 0 heterocycles. The Hall–Kier alpha value is -0.390.